The summed E-state index contributed by atoms with van der Waals surface area (Å²) in [5, 5.41) is 0. The molecule has 25 heavy (non-hydrogen) atoms. The number of ketones is 1. The Morgan fingerprint density at radius 1 is 0.760 bits per heavy atom. The van der Waals surface area contributed by atoms with Gasteiger partial charge in [-0.3, -0.25) is 4.79 Å². The second-order valence-electron chi connectivity index (χ2n) is 7.56. The van der Waals surface area contributed by atoms with Crippen LogP contribution in [0.1, 0.15) is 68.9 Å². The molecule has 1 nitrogen and oxygen atoms in total. The largest absolute Gasteiger partial charge is 0.294 e. The minimum absolute atomic E-state index is 0.153. The zero-order chi connectivity index (χ0) is 16.6. The predicted octanol–water partition coefficient (Wildman–Crippen LogP) is 5.19. The van der Waals surface area contributed by atoms with E-state index in [2.05, 4.69) is 66.7 Å². The van der Waals surface area contributed by atoms with Crippen LogP contribution in [0.3, 0.4) is 0 Å². The molecular weight excluding hydrogens is 304 g/mol. The average molecular weight is 322 g/mol. The van der Waals surface area contributed by atoms with Crippen molar-refractivity contribution in [1.82, 2.24) is 0 Å². The molecule has 0 N–H and O–H groups in total. The standard InChI is InChI=1S/C24H18O/c25-21-13-6-14-24-19-11-3-1-7-15(19)22(16-8-2-4-12-20(16)24)18-10-5-9-17(21)23(18)24/h1-5,7-12,22H,6,13-14H2. The van der Waals surface area contributed by atoms with Gasteiger partial charge in [-0.2, -0.15) is 0 Å². The first-order chi connectivity index (χ1) is 12.3. The van der Waals surface area contributed by atoms with Crippen LogP contribution in [0.2, 0.25) is 0 Å². The molecule has 7 rings (SSSR count). The van der Waals surface area contributed by atoms with Gasteiger partial charge in [0.1, 0.15) is 0 Å². The molecule has 4 aliphatic carbocycles. The highest BCUT2D eigenvalue weighted by molar-refractivity contribution is 6.00. The molecule has 0 saturated heterocycles. The lowest BCUT2D eigenvalue weighted by Crippen LogP contribution is -2.42. The fraction of sp³-hybridized carbons (Fsp3) is 0.208. The van der Waals surface area contributed by atoms with Gasteiger partial charge in [-0.25, -0.2) is 0 Å². The Morgan fingerprint density at radius 2 is 1.40 bits per heavy atom. The van der Waals surface area contributed by atoms with Crippen molar-refractivity contribution < 1.29 is 4.79 Å². The highest BCUT2D eigenvalue weighted by atomic mass is 16.1. The molecule has 0 fully saturated rings. The molecule has 3 aromatic rings. The minimum atomic E-state index is -0.153. The Labute approximate surface area is 147 Å². The van der Waals surface area contributed by atoms with Crippen molar-refractivity contribution in [2.24, 2.45) is 0 Å². The number of carbonyl (C=O) groups is 1. The lowest BCUT2D eigenvalue weighted by molar-refractivity contribution is 0.0982. The van der Waals surface area contributed by atoms with Crippen LogP contribution in [0, 0.1) is 0 Å². The summed E-state index contributed by atoms with van der Waals surface area (Å²) in [6.07, 6.45) is 2.62. The maximum atomic E-state index is 12.8. The first kappa shape index (κ1) is 13.6. The summed E-state index contributed by atoms with van der Waals surface area (Å²) in [7, 11) is 0. The summed E-state index contributed by atoms with van der Waals surface area (Å²) in [6.45, 7) is 0. The highest BCUT2D eigenvalue weighted by Gasteiger charge is 2.53. The number of hydrogen-bond acceptors (Lipinski definition) is 1. The molecule has 2 bridgehead atoms. The summed E-state index contributed by atoms with van der Waals surface area (Å²) < 4.78 is 0. The summed E-state index contributed by atoms with van der Waals surface area (Å²) in [5.41, 5.74) is 9.18. The van der Waals surface area contributed by atoms with Gasteiger partial charge in [0, 0.05) is 23.3 Å². The van der Waals surface area contributed by atoms with E-state index in [4.69, 9.17) is 0 Å². The third kappa shape index (κ3) is 1.44. The summed E-state index contributed by atoms with van der Waals surface area (Å²) >= 11 is 0. The van der Waals surface area contributed by atoms with Crippen LogP contribution in [0.5, 0.6) is 0 Å². The van der Waals surface area contributed by atoms with E-state index < -0.39 is 0 Å². The van der Waals surface area contributed by atoms with Crippen molar-refractivity contribution in [2.45, 2.75) is 30.6 Å². The SMILES string of the molecule is O=C1CCCC23c4ccccc4C(c4ccccc42)c2cccc1c23. The molecule has 1 heteroatoms. The zero-order valence-corrected chi connectivity index (χ0v) is 14.0. The van der Waals surface area contributed by atoms with Crippen LogP contribution in [0.15, 0.2) is 66.7 Å². The van der Waals surface area contributed by atoms with Crippen LogP contribution >= 0.6 is 0 Å². The second-order valence-corrected chi connectivity index (χ2v) is 7.56. The van der Waals surface area contributed by atoms with E-state index in [9.17, 15) is 4.79 Å². The molecule has 0 aliphatic heterocycles. The molecule has 0 aromatic heterocycles. The zero-order valence-electron chi connectivity index (χ0n) is 14.0. The van der Waals surface area contributed by atoms with Crippen molar-refractivity contribution in [3.05, 3.63) is 106 Å². The lowest BCUT2D eigenvalue weighted by Gasteiger charge is -2.51. The number of carbonyl (C=O) groups excluding carboxylic acids is 1. The van der Waals surface area contributed by atoms with Gasteiger partial charge in [0.05, 0.1) is 0 Å². The molecule has 1 spiro atoms. The average Bonchev–Trinajstić information content (AvgIpc) is 2.82. The van der Waals surface area contributed by atoms with Crippen LogP contribution in [0.25, 0.3) is 0 Å². The van der Waals surface area contributed by atoms with Crippen molar-refractivity contribution in [2.75, 3.05) is 0 Å². The molecule has 0 atom stereocenters. The normalized spacial score (nSPS) is 25.0. The monoisotopic (exact) mass is 322 g/mol. The minimum Gasteiger partial charge on any atom is -0.294 e. The fourth-order valence-corrected chi connectivity index (χ4v) is 5.75. The molecule has 4 aliphatic rings. The van der Waals surface area contributed by atoms with E-state index in [1.54, 1.807) is 0 Å². The quantitative estimate of drug-likeness (QED) is 0.556. The van der Waals surface area contributed by atoms with E-state index in [1.807, 2.05) is 0 Å². The highest BCUT2D eigenvalue weighted by Crippen LogP contribution is 2.62. The van der Waals surface area contributed by atoms with Crippen molar-refractivity contribution >= 4 is 5.78 Å². The van der Waals surface area contributed by atoms with Gasteiger partial charge in [-0.05, 0) is 46.2 Å². The van der Waals surface area contributed by atoms with Crippen LogP contribution in [-0.4, -0.2) is 5.78 Å². The molecule has 0 heterocycles. The fourth-order valence-electron chi connectivity index (χ4n) is 5.75. The predicted molar refractivity (Wildman–Crippen MR) is 98.3 cm³/mol. The Kier molecular flexibility index (Phi) is 2.44. The van der Waals surface area contributed by atoms with E-state index in [-0.39, 0.29) is 11.3 Å². The second kappa shape index (κ2) is 4.49. The smallest absolute Gasteiger partial charge is 0.163 e. The van der Waals surface area contributed by atoms with E-state index in [0.29, 0.717) is 12.2 Å². The number of benzene rings is 3. The van der Waals surface area contributed by atoms with Crippen molar-refractivity contribution in [1.29, 1.82) is 0 Å². The maximum absolute atomic E-state index is 12.8. The first-order valence-corrected chi connectivity index (χ1v) is 9.18. The van der Waals surface area contributed by atoms with E-state index in [1.165, 1.54) is 33.4 Å². The first-order valence-electron chi connectivity index (χ1n) is 9.18. The van der Waals surface area contributed by atoms with E-state index in [0.717, 1.165) is 18.4 Å². The van der Waals surface area contributed by atoms with Crippen LogP contribution in [0.4, 0.5) is 0 Å². The Balaban J connectivity index is 1.86. The van der Waals surface area contributed by atoms with Crippen molar-refractivity contribution in [3.8, 4) is 0 Å². The molecule has 3 aromatic carbocycles. The van der Waals surface area contributed by atoms with Gasteiger partial charge in [0.15, 0.2) is 5.78 Å². The van der Waals surface area contributed by atoms with E-state index >= 15 is 0 Å². The summed E-state index contributed by atoms with van der Waals surface area (Å²) in [6, 6.07) is 24.2. The van der Waals surface area contributed by atoms with Crippen molar-refractivity contribution in [3.63, 3.8) is 0 Å². The maximum Gasteiger partial charge on any atom is 0.163 e. The molecular formula is C24H18O. The molecule has 0 unspecified atom stereocenters. The Bertz CT molecular complexity index is 1010. The summed E-state index contributed by atoms with van der Waals surface area (Å²) in [5.74, 6) is 0.575. The number of hydrogen-bond donors (Lipinski definition) is 0. The third-order valence-electron chi connectivity index (χ3n) is 6.55. The topological polar surface area (TPSA) is 17.1 Å². The van der Waals surface area contributed by atoms with Crippen LogP contribution in [-0.2, 0) is 5.41 Å². The third-order valence-corrected chi connectivity index (χ3v) is 6.55. The van der Waals surface area contributed by atoms with Crippen LogP contribution < -0.4 is 0 Å². The summed E-state index contributed by atoms with van der Waals surface area (Å²) in [4.78, 5) is 12.8. The Hall–Kier alpha value is -2.67. The van der Waals surface area contributed by atoms with Gasteiger partial charge in [-0.15, -0.1) is 0 Å². The van der Waals surface area contributed by atoms with Gasteiger partial charge in [-0.1, -0.05) is 66.7 Å². The van der Waals surface area contributed by atoms with Gasteiger partial charge in [0.25, 0.3) is 0 Å². The molecule has 0 radical (unpaired) electrons. The lowest BCUT2D eigenvalue weighted by atomic mass is 9.51. The molecule has 120 valence electrons. The molecule has 0 saturated carbocycles. The molecule has 0 amide bonds. The van der Waals surface area contributed by atoms with Gasteiger partial charge >= 0.3 is 0 Å². The Morgan fingerprint density at radius 3 is 2.12 bits per heavy atom. The van der Waals surface area contributed by atoms with Gasteiger partial charge < -0.3 is 0 Å². The number of Topliss-reactive ketones (excluding diaryl/α,β-unsaturated/α-hetero) is 1. The number of rotatable bonds is 0. The van der Waals surface area contributed by atoms with Gasteiger partial charge in [0.2, 0.25) is 0 Å².